The largest absolute Gasteiger partial charge is 0.491 e. The van der Waals surface area contributed by atoms with Crippen molar-refractivity contribution in [2.75, 3.05) is 13.2 Å². The number of ether oxygens (including phenoxy) is 1. The number of amides is 2. The summed E-state index contributed by atoms with van der Waals surface area (Å²) in [6.45, 7) is 1.10. The van der Waals surface area contributed by atoms with Crippen molar-refractivity contribution in [3.8, 4) is 5.75 Å². The van der Waals surface area contributed by atoms with Crippen LogP contribution in [-0.4, -0.2) is 29.9 Å². The number of carbonyl (C=O) groups is 2. The number of benzene rings is 3. The van der Waals surface area contributed by atoms with E-state index in [0.717, 1.165) is 5.56 Å². The van der Waals surface area contributed by atoms with Crippen LogP contribution in [0.25, 0.3) is 0 Å². The van der Waals surface area contributed by atoms with E-state index in [1.54, 1.807) is 65.6 Å². The number of nitrogens with one attached hydrogen (secondary N) is 1. The molecule has 0 aromatic heterocycles. The minimum Gasteiger partial charge on any atom is -0.491 e. The second kappa shape index (κ2) is 9.18. The topological polar surface area (TPSA) is 58.6 Å². The summed E-state index contributed by atoms with van der Waals surface area (Å²) in [6, 6.07) is 18.3. The number of fused-ring (bicyclic) bond motifs is 1. The zero-order chi connectivity index (χ0) is 21.8. The van der Waals surface area contributed by atoms with Gasteiger partial charge in [-0.2, -0.15) is 0 Å². The second-order valence-electron chi connectivity index (χ2n) is 7.15. The molecule has 158 valence electrons. The maximum absolute atomic E-state index is 13.8. The quantitative estimate of drug-likeness (QED) is 0.655. The molecule has 1 aliphatic rings. The third-order valence-corrected chi connectivity index (χ3v) is 5.42. The Morgan fingerprint density at radius 2 is 1.84 bits per heavy atom. The predicted molar refractivity (Wildman–Crippen MR) is 116 cm³/mol. The van der Waals surface area contributed by atoms with Crippen LogP contribution >= 0.6 is 11.6 Å². The van der Waals surface area contributed by atoms with E-state index in [-0.39, 0.29) is 30.7 Å². The molecule has 0 atom stereocenters. The third-order valence-electron chi connectivity index (χ3n) is 5.09. The number of hydrogen-bond acceptors (Lipinski definition) is 3. The monoisotopic (exact) mass is 438 g/mol. The molecule has 0 fully saturated rings. The van der Waals surface area contributed by atoms with Gasteiger partial charge in [-0.3, -0.25) is 9.59 Å². The molecule has 1 N–H and O–H groups in total. The summed E-state index contributed by atoms with van der Waals surface area (Å²) in [5.41, 5.74) is 1.96. The molecular formula is C24H20ClFN2O3. The molecule has 0 saturated carbocycles. The van der Waals surface area contributed by atoms with Gasteiger partial charge in [-0.05, 0) is 36.4 Å². The smallest absolute Gasteiger partial charge is 0.255 e. The van der Waals surface area contributed by atoms with Crippen molar-refractivity contribution in [3.05, 3.63) is 99.8 Å². The van der Waals surface area contributed by atoms with Gasteiger partial charge in [-0.1, -0.05) is 41.9 Å². The summed E-state index contributed by atoms with van der Waals surface area (Å²) in [7, 11) is 0. The zero-order valence-corrected chi connectivity index (χ0v) is 17.4. The van der Waals surface area contributed by atoms with Gasteiger partial charge >= 0.3 is 0 Å². The van der Waals surface area contributed by atoms with Crippen LogP contribution in [0.2, 0.25) is 5.02 Å². The SMILES string of the molecule is O=C(NCc1ccccc1F)c1ccc2c(c1)CN(C(=O)c1ccccc1Cl)CCO2. The Balaban J connectivity index is 1.51. The van der Waals surface area contributed by atoms with E-state index < -0.39 is 0 Å². The molecule has 0 bridgehead atoms. The number of hydrogen-bond donors (Lipinski definition) is 1. The van der Waals surface area contributed by atoms with Gasteiger partial charge in [0.25, 0.3) is 11.8 Å². The minimum atomic E-state index is -0.369. The highest BCUT2D eigenvalue weighted by molar-refractivity contribution is 6.33. The van der Waals surface area contributed by atoms with E-state index in [0.29, 0.717) is 40.6 Å². The van der Waals surface area contributed by atoms with Crippen molar-refractivity contribution in [1.29, 1.82) is 0 Å². The summed E-state index contributed by atoms with van der Waals surface area (Å²) in [5.74, 6) is -0.275. The van der Waals surface area contributed by atoms with Gasteiger partial charge in [0.1, 0.15) is 18.2 Å². The fourth-order valence-electron chi connectivity index (χ4n) is 3.43. The number of carbonyl (C=O) groups excluding carboxylic acids is 2. The van der Waals surface area contributed by atoms with Gasteiger partial charge in [0.15, 0.2) is 0 Å². The third kappa shape index (κ3) is 4.70. The molecule has 0 spiro atoms. The number of nitrogens with zero attached hydrogens (tertiary/aromatic N) is 1. The van der Waals surface area contributed by atoms with Crippen LogP contribution in [0, 0.1) is 5.82 Å². The molecule has 1 heterocycles. The van der Waals surface area contributed by atoms with Crippen LogP contribution in [0.15, 0.2) is 66.7 Å². The average molecular weight is 439 g/mol. The van der Waals surface area contributed by atoms with Crippen LogP contribution in [0.4, 0.5) is 4.39 Å². The minimum absolute atomic E-state index is 0.0796. The molecule has 0 aliphatic carbocycles. The molecule has 0 saturated heterocycles. The van der Waals surface area contributed by atoms with Crippen molar-refractivity contribution in [2.24, 2.45) is 0 Å². The Hall–Kier alpha value is -3.38. The standard InChI is InChI=1S/C24H20ClFN2O3/c25-20-7-3-2-6-19(20)24(30)28-11-12-31-22-10-9-16(13-18(22)15-28)23(29)27-14-17-5-1-4-8-21(17)26/h1-10,13H,11-12,14-15H2,(H,27,29). The van der Waals surface area contributed by atoms with Crippen LogP contribution in [0.1, 0.15) is 31.8 Å². The molecular weight excluding hydrogens is 419 g/mol. The zero-order valence-electron chi connectivity index (χ0n) is 16.6. The van der Waals surface area contributed by atoms with Gasteiger partial charge in [-0.15, -0.1) is 0 Å². The van der Waals surface area contributed by atoms with Gasteiger partial charge in [0.05, 0.1) is 17.1 Å². The highest BCUT2D eigenvalue weighted by Crippen LogP contribution is 2.26. The van der Waals surface area contributed by atoms with E-state index in [1.165, 1.54) is 6.07 Å². The van der Waals surface area contributed by atoms with Crippen molar-refractivity contribution in [1.82, 2.24) is 10.2 Å². The number of halogens is 2. The maximum atomic E-state index is 13.8. The molecule has 4 rings (SSSR count). The molecule has 0 radical (unpaired) electrons. The molecule has 3 aromatic carbocycles. The lowest BCUT2D eigenvalue weighted by Crippen LogP contribution is -2.32. The van der Waals surface area contributed by atoms with E-state index in [1.807, 2.05) is 0 Å². The molecule has 3 aromatic rings. The molecule has 2 amide bonds. The number of rotatable bonds is 4. The Morgan fingerprint density at radius 3 is 2.65 bits per heavy atom. The van der Waals surface area contributed by atoms with Crippen molar-refractivity contribution in [2.45, 2.75) is 13.1 Å². The normalized spacial score (nSPS) is 13.0. The summed E-state index contributed by atoms with van der Waals surface area (Å²) in [5, 5.41) is 3.12. The fourth-order valence-corrected chi connectivity index (χ4v) is 3.65. The lowest BCUT2D eigenvalue weighted by atomic mass is 10.1. The highest BCUT2D eigenvalue weighted by Gasteiger charge is 2.23. The first-order valence-electron chi connectivity index (χ1n) is 9.84. The van der Waals surface area contributed by atoms with E-state index in [9.17, 15) is 14.0 Å². The second-order valence-corrected chi connectivity index (χ2v) is 7.56. The van der Waals surface area contributed by atoms with Crippen LogP contribution in [-0.2, 0) is 13.1 Å². The van der Waals surface area contributed by atoms with E-state index >= 15 is 0 Å². The first-order chi connectivity index (χ1) is 15.0. The Labute approximate surface area is 184 Å². The molecule has 0 unspecified atom stereocenters. The first-order valence-corrected chi connectivity index (χ1v) is 10.2. The van der Waals surface area contributed by atoms with E-state index in [4.69, 9.17) is 16.3 Å². The lowest BCUT2D eigenvalue weighted by Gasteiger charge is -2.20. The Morgan fingerprint density at radius 1 is 1.06 bits per heavy atom. The molecule has 31 heavy (non-hydrogen) atoms. The summed E-state index contributed by atoms with van der Waals surface area (Å²) in [6.07, 6.45) is 0. The van der Waals surface area contributed by atoms with Crippen LogP contribution in [0.3, 0.4) is 0 Å². The van der Waals surface area contributed by atoms with Crippen LogP contribution in [0.5, 0.6) is 5.75 Å². The van der Waals surface area contributed by atoms with Crippen molar-refractivity contribution >= 4 is 23.4 Å². The summed E-state index contributed by atoms with van der Waals surface area (Å²) in [4.78, 5) is 27.2. The van der Waals surface area contributed by atoms with E-state index in [2.05, 4.69) is 5.32 Å². The molecule has 1 aliphatic heterocycles. The van der Waals surface area contributed by atoms with Crippen LogP contribution < -0.4 is 10.1 Å². The lowest BCUT2D eigenvalue weighted by molar-refractivity contribution is 0.0733. The molecule has 7 heteroatoms. The Kier molecular flexibility index (Phi) is 6.18. The van der Waals surface area contributed by atoms with Crippen molar-refractivity contribution < 1.29 is 18.7 Å². The van der Waals surface area contributed by atoms with Gasteiger partial charge < -0.3 is 15.0 Å². The maximum Gasteiger partial charge on any atom is 0.255 e. The van der Waals surface area contributed by atoms with Gasteiger partial charge in [0.2, 0.25) is 0 Å². The average Bonchev–Trinajstić information content (AvgIpc) is 3.00. The summed E-state index contributed by atoms with van der Waals surface area (Å²) < 4.78 is 19.6. The highest BCUT2D eigenvalue weighted by atomic mass is 35.5. The summed E-state index contributed by atoms with van der Waals surface area (Å²) >= 11 is 6.18. The van der Waals surface area contributed by atoms with Crippen molar-refractivity contribution in [3.63, 3.8) is 0 Å². The predicted octanol–water partition coefficient (Wildman–Crippen LogP) is 4.44. The van der Waals surface area contributed by atoms with Gasteiger partial charge in [-0.25, -0.2) is 4.39 Å². The Bertz CT molecular complexity index is 1140. The first kappa shape index (κ1) is 20.9. The fraction of sp³-hybridized carbons (Fsp3) is 0.167. The molecule has 5 nitrogen and oxygen atoms in total. The van der Waals surface area contributed by atoms with Gasteiger partial charge in [0, 0.05) is 29.8 Å².